The van der Waals surface area contributed by atoms with Gasteiger partial charge in [0.2, 0.25) is 0 Å². The lowest BCUT2D eigenvalue weighted by Gasteiger charge is -2.19. The standard InChI is InChI=1S/C28H28ClF3N4O3S/c1-19(33-12-15-40(38,39)24-10-8-23(29)9-11-24)27(37)34-18-20-16-25(35-26(17-20)36-13-2-3-14-36)21-4-6-22(7-5-21)28(30,31)32/h4-11,16-17,33H,1-3,12-15,18H2,(H,34,37). The van der Waals surface area contributed by atoms with E-state index in [0.717, 1.165) is 38.1 Å². The first-order chi connectivity index (χ1) is 18.9. The Morgan fingerprint density at radius 2 is 1.65 bits per heavy atom. The molecule has 2 aromatic carbocycles. The first kappa shape index (κ1) is 29.4. The van der Waals surface area contributed by atoms with Gasteiger partial charge in [-0.2, -0.15) is 13.2 Å². The van der Waals surface area contributed by atoms with Crippen molar-refractivity contribution in [3.8, 4) is 11.3 Å². The summed E-state index contributed by atoms with van der Waals surface area (Å²) in [6.45, 7) is 5.41. The molecule has 1 saturated heterocycles. The fraction of sp³-hybridized carbons (Fsp3) is 0.286. The Balaban J connectivity index is 1.40. The van der Waals surface area contributed by atoms with E-state index in [0.29, 0.717) is 27.7 Å². The molecule has 12 heteroatoms. The highest BCUT2D eigenvalue weighted by molar-refractivity contribution is 7.91. The summed E-state index contributed by atoms with van der Waals surface area (Å²) in [6.07, 6.45) is -2.41. The zero-order chi connectivity index (χ0) is 28.9. The largest absolute Gasteiger partial charge is 0.416 e. The van der Waals surface area contributed by atoms with Crippen LogP contribution in [0.15, 0.2) is 77.8 Å². The Morgan fingerprint density at radius 1 is 1.00 bits per heavy atom. The van der Waals surface area contributed by atoms with E-state index in [1.54, 1.807) is 6.07 Å². The number of rotatable bonds is 10. The van der Waals surface area contributed by atoms with Crippen LogP contribution in [0.4, 0.5) is 19.0 Å². The molecule has 212 valence electrons. The molecular weight excluding hydrogens is 565 g/mol. The summed E-state index contributed by atoms with van der Waals surface area (Å²) in [4.78, 5) is 19.5. The number of pyridine rings is 1. The molecule has 1 aliphatic heterocycles. The summed E-state index contributed by atoms with van der Waals surface area (Å²) >= 11 is 5.81. The fourth-order valence-electron chi connectivity index (χ4n) is 4.22. The number of aromatic nitrogens is 1. The minimum absolute atomic E-state index is 0.00286. The summed E-state index contributed by atoms with van der Waals surface area (Å²) in [5, 5.41) is 5.92. The van der Waals surface area contributed by atoms with E-state index < -0.39 is 27.5 Å². The van der Waals surface area contributed by atoms with Crippen LogP contribution in [0.25, 0.3) is 11.3 Å². The molecular formula is C28H28ClF3N4O3S. The van der Waals surface area contributed by atoms with E-state index in [9.17, 15) is 26.4 Å². The lowest BCUT2D eigenvalue weighted by molar-refractivity contribution is -0.137. The number of sulfone groups is 1. The molecule has 2 N–H and O–H groups in total. The summed E-state index contributed by atoms with van der Waals surface area (Å²) in [6, 6.07) is 14.2. The number of carbonyl (C=O) groups excluding carboxylic acids is 1. The third kappa shape index (κ3) is 7.54. The van der Waals surface area contributed by atoms with Crippen LogP contribution in [0, 0.1) is 0 Å². The van der Waals surface area contributed by atoms with Crippen molar-refractivity contribution in [3.63, 3.8) is 0 Å². The topological polar surface area (TPSA) is 91.4 Å². The van der Waals surface area contributed by atoms with Gasteiger partial charge in [-0.25, -0.2) is 13.4 Å². The second kappa shape index (κ2) is 12.3. The third-order valence-corrected chi connectivity index (χ3v) is 8.40. The third-order valence-electron chi connectivity index (χ3n) is 6.42. The molecule has 1 fully saturated rings. The highest BCUT2D eigenvalue weighted by Gasteiger charge is 2.30. The van der Waals surface area contributed by atoms with Crippen molar-refractivity contribution in [1.29, 1.82) is 0 Å². The molecule has 0 spiro atoms. The van der Waals surface area contributed by atoms with Gasteiger partial charge in [-0.05, 0) is 66.9 Å². The molecule has 7 nitrogen and oxygen atoms in total. The Morgan fingerprint density at radius 3 is 2.27 bits per heavy atom. The number of halogens is 4. The molecule has 0 radical (unpaired) electrons. The molecule has 4 rings (SSSR count). The quantitative estimate of drug-likeness (QED) is 0.314. The van der Waals surface area contributed by atoms with Gasteiger partial charge >= 0.3 is 6.18 Å². The van der Waals surface area contributed by atoms with Gasteiger partial charge in [0, 0.05) is 36.8 Å². The monoisotopic (exact) mass is 592 g/mol. The Bertz CT molecular complexity index is 1470. The molecule has 1 amide bonds. The summed E-state index contributed by atoms with van der Waals surface area (Å²) in [5.74, 6) is -0.0796. The van der Waals surface area contributed by atoms with Crippen LogP contribution < -0.4 is 15.5 Å². The second-order valence-electron chi connectivity index (χ2n) is 9.35. The zero-order valence-electron chi connectivity index (χ0n) is 21.5. The first-order valence-corrected chi connectivity index (χ1v) is 14.6. The summed E-state index contributed by atoms with van der Waals surface area (Å²) in [5.41, 5.74) is 0.981. The van der Waals surface area contributed by atoms with Crippen molar-refractivity contribution in [1.82, 2.24) is 15.6 Å². The van der Waals surface area contributed by atoms with E-state index in [4.69, 9.17) is 11.6 Å². The Kier molecular flexibility index (Phi) is 9.05. The number of alkyl halides is 3. The number of hydrogen-bond donors (Lipinski definition) is 2. The van der Waals surface area contributed by atoms with Crippen LogP contribution in [-0.2, 0) is 27.4 Å². The molecule has 0 aliphatic carbocycles. The SMILES string of the molecule is C=C(NCCS(=O)(=O)c1ccc(Cl)cc1)C(=O)NCc1cc(-c2ccc(C(F)(F)F)cc2)nc(N2CCCC2)c1. The van der Waals surface area contributed by atoms with Gasteiger partial charge in [0.15, 0.2) is 9.84 Å². The van der Waals surface area contributed by atoms with Crippen molar-refractivity contribution >= 4 is 33.2 Å². The molecule has 3 aromatic rings. The number of benzene rings is 2. The number of amides is 1. The predicted molar refractivity (Wildman–Crippen MR) is 149 cm³/mol. The molecule has 2 heterocycles. The summed E-state index contributed by atoms with van der Waals surface area (Å²) in [7, 11) is -3.58. The maximum atomic E-state index is 13.0. The van der Waals surface area contributed by atoms with Gasteiger partial charge in [-0.3, -0.25) is 4.79 Å². The lowest BCUT2D eigenvalue weighted by Crippen LogP contribution is -2.33. The van der Waals surface area contributed by atoms with E-state index >= 15 is 0 Å². The lowest BCUT2D eigenvalue weighted by atomic mass is 10.1. The van der Waals surface area contributed by atoms with Crippen LogP contribution >= 0.6 is 11.6 Å². The van der Waals surface area contributed by atoms with E-state index in [1.807, 2.05) is 6.07 Å². The van der Waals surface area contributed by atoms with Crippen LogP contribution in [-0.4, -0.2) is 44.7 Å². The average molecular weight is 593 g/mol. The molecule has 0 saturated carbocycles. The molecule has 1 aromatic heterocycles. The number of nitrogens with one attached hydrogen (secondary N) is 2. The molecule has 0 atom stereocenters. The number of nitrogens with zero attached hydrogens (tertiary/aromatic N) is 2. The van der Waals surface area contributed by atoms with Gasteiger partial charge in [0.05, 0.1) is 27.6 Å². The van der Waals surface area contributed by atoms with Gasteiger partial charge in [-0.1, -0.05) is 30.3 Å². The zero-order valence-corrected chi connectivity index (χ0v) is 23.0. The number of hydrogen-bond acceptors (Lipinski definition) is 6. The van der Waals surface area contributed by atoms with Crippen molar-refractivity contribution in [3.05, 3.63) is 89.1 Å². The number of anilines is 1. The van der Waals surface area contributed by atoms with Crippen LogP contribution in [0.1, 0.15) is 24.0 Å². The Hall–Kier alpha value is -3.57. The van der Waals surface area contributed by atoms with Crippen LogP contribution in [0.2, 0.25) is 5.02 Å². The van der Waals surface area contributed by atoms with E-state index in [1.165, 1.54) is 36.4 Å². The minimum Gasteiger partial charge on any atom is -0.380 e. The van der Waals surface area contributed by atoms with Gasteiger partial charge in [0.25, 0.3) is 5.91 Å². The van der Waals surface area contributed by atoms with E-state index in [-0.39, 0.29) is 29.4 Å². The molecule has 0 bridgehead atoms. The smallest absolute Gasteiger partial charge is 0.380 e. The van der Waals surface area contributed by atoms with Crippen molar-refractivity contribution < 1.29 is 26.4 Å². The Labute approximate surface area is 236 Å². The average Bonchev–Trinajstić information content (AvgIpc) is 3.46. The van der Waals surface area contributed by atoms with E-state index in [2.05, 4.69) is 27.1 Å². The normalized spacial score (nSPS) is 13.8. The maximum absolute atomic E-state index is 13.0. The minimum atomic E-state index is -4.44. The fourth-order valence-corrected chi connectivity index (χ4v) is 5.51. The van der Waals surface area contributed by atoms with Crippen molar-refractivity contribution in [2.45, 2.75) is 30.5 Å². The van der Waals surface area contributed by atoms with Gasteiger partial charge < -0.3 is 15.5 Å². The summed E-state index contributed by atoms with van der Waals surface area (Å²) < 4.78 is 64.0. The predicted octanol–water partition coefficient (Wildman–Crippen LogP) is 5.21. The van der Waals surface area contributed by atoms with Crippen LogP contribution in [0.5, 0.6) is 0 Å². The molecule has 1 aliphatic rings. The maximum Gasteiger partial charge on any atom is 0.416 e. The number of carbonyl (C=O) groups is 1. The molecule has 0 unspecified atom stereocenters. The first-order valence-electron chi connectivity index (χ1n) is 12.6. The van der Waals surface area contributed by atoms with Crippen LogP contribution in [0.3, 0.4) is 0 Å². The second-order valence-corrected chi connectivity index (χ2v) is 11.9. The molecule has 40 heavy (non-hydrogen) atoms. The van der Waals surface area contributed by atoms with Crippen molar-refractivity contribution in [2.75, 3.05) is 30.3 Å². The van der Waals surface area contributed by atoms with Gasteiger partial charge in [-0.15, -0.1) is 0 Å². The van der Waals surface area contributed by atoms with Gasteiger partial charge in [0.1, 0.15) is 5.82 Å². The highest BCUT2D eigenvalue weighted by Crippen LogP contribution is 2.31. The van der Waals surface area contributed by atoms with Crippen molar-refractivity contribution in [2.24, 2.45) is 0 Å². The highest BCUT2D eigenvalue weighted by atomic mass is 35.5.